The molecule has 128 valence electrons. The lowest BCUT2D eigenvalue weighted by Crippen LogP contribution is -2.15. The molecule has 25 heavy (non-hydrogen) atoms. The number of hydrogen-bond acceptors (Lipinski definition) is 6. The van der Waals surface area contributed by atoms with Gasteiger partial charge in [0.1, 0.15) is 5.75 Å². The number of primary amides is 1. The van der Waals surface area contributed by atoms with Crippen molar-refractivity contribution < 1.29 is 13.9 Å². The van der Waals surface area contributed by atoms with Crippen LogP contribution < -0.4 is 15.8 Å². The second kappa shape index (κ2) is 7.04. The number of carbonyl (C=O) groups excluding carboxylic acids is 1. The van der Waals surface area contributed by atoms with E-state index in [-0.39, 0.29) is 6.54 Å². The highest BCUT2D eigenvalue weighted by Crippen LogP contribution is 2.23. The van der Waals surface area contributed by atoms with Crippen LogP contribution in [0.15, 0.2) is 46.9 Å². The predicted molar refractivity (Wildman–Crippen MR) is 93.3 cm³/mol. The second-order valence-corrected chi connectivity index (χ2v) is 5.44. The molecule has 7 nitrogen and oxygen atoms in total. The first-order valence-electron chi connectivity index (χ1n) is 7.68. The summed E-state index contributed by atoms with van der Waals surface area (Å²) in [5, 5.41) is 11.2. The summed E-state index contributed by atoms with van der Waals surface area (Å²) in [4.78, 5) is 11.5. The van der Waals surface area contributed by atoms with Crippen molar-refractivity contribution >= 4 is 11.6 Å². The maximum Gasteiger partial charge on any atom is 0.250 e. The standard InChI is InChI=1S/C18H18N4O3/c1-11-4-3-5-14(17(19)23)16(11)20-10-15-21-22-18(25-15)12-6-8-13(24-2)9-7-12/h3-9,20H,10H2,1-2H3,(H2,19,23). The van der Waals surface area contributed by atoms with E-state index in [1.807, 2.05) is 37.3 Å². The van der Waals surface area contributed by atoms with Crippen molar-refractivity contribution in [1.82, 2.24) is 10.2 Å². The number of aromatic nitrogens is 2. The molecule has 0 radical (unpaired) electrons. The van der Waals surface area contributed by atoms with Crippen molar-refractivity contribution in [2.24, 2.45) is 5.73 Å². The Morgan fingerprint density at radius 1 is 1.20 bits per heavy atom. The lowest BCUT2D eigenvalue weighted by Gasteiger charge is -2.11. The van der Waals surface area contributed by atoms with Gasteiger partial charge in [-0.15, -0.1) is 10.2 Å². The first-order valence-corrected chi connectivity index (χ1v) is 7.68. The van der Waals surface area contributed by atoms with Gasteiger partial charge in [0.05, 0.1) is 24.9 Å². The minimum Gasteiger partial charge on any atom is -0.497 e. The van der Waals surface area contributed by atoms with Crippen LogP contribution in [0.1, 0.15) is 21.8 Å². The fourth-order valence-corrected chi connectivity index (χ4v) is 2.45. The van der Waals surface area contributed by atoms with Crippen LogP contribution in [0.2, 0.25) is 0 Å². The summed E-state index contributed by atoms with van der Waals surface area (Å²) in [5.74, 6) is 1.09. The molecule has 0 atom stereocenters. The highest BCUT2D eigenvalue weighted by molar-refractivity contribution is 5.99. The molecule has 0 unspecified atom stereocenters. The molecule has 0 aliphatic heterocycles. The number of nitrogens with one attached hydrogen (secondary N) is 1. The van der Waals surface area contributed by atoms with Crippen LogP contribution in [0.3, 0.4) is 0 Å². The van der Waals surface area contributed by atoms with Gasteiger partial charge in [-0.2, -0.15) is 0 Å². The first kappa shape index (κ1) is 16.5. The monoisotopic (exact) mass is 338 g/mol. The third-order valence-electron chi connectivity index (χ3n) is 3.76. The largest absolute Gasteiger partial charge is 0.497 e. The van der Waals surface area contributed by atoms with Gasteiger partial charge in [-0.3, -0.25) is 4.79 Å². The maximum absolute atomic E-state index is 11.5. The average molecular weight is 338 g/mol. The topological polar surface area (TPSA) is 103 Å². The predicted octanol–water partition coefficient (Wildman–Crippen LogP) is 2.76. The SMILES string of the molecule is COc1ccc(-c2nnc(CNc3c(C)cccc3C(N)=O)o2)cc1. The number of benzene rings is 2. The molecule has 1 amide bonds. The van der Waals surface area contributed by atoms with E-state index in [2.05, 4.69) is 15.5 Å². The number of para-hydroxylation sites is 1. The Kier molecular flexibility index (Phi) is 4.65. The van der Waals surface area contributed by atoms with E-state index in [9.17, 15) is 4.79 Å². The van der Waals surface area contributed by atoms with E-state index >= 15 is 0 Å². The Hall–Kier alpha value is -3.35. The first-order chi connectivity index (χ1) is 12.1. The Morgan fingerprint density at radius 3 is 2.64 bits per heavy atom. The molecule has 0 bridgehead atoms. The van der Waals surface area contributed by atoms with Gasteiger partial charge < -0.3 is 20.2 Å². The molecule has 0 spiro atoms. The van der Waals surface area contributed by atoms with E-state index < -0.39 is 5.91 Å². The second-order valence-electron chi connectivity index (χ2n) is 5.44. The minimum atomic E-state index is -0.490. The zero-order chi connectivity index (χ0) is 17.8. The van der Waals surface area contributed by atoms with Crippen LogP contribution in [0.4, 0.5) is 5.69 Å². The van der Waals surface area contributed by atoms with Crippen molar-refractivity contribution in [3.63, 3.8) is 0 Å². The molecular weight excluding hydrogens is 320 g/mol. The van der Waals surface area contributed by atoms with Gasteiger partial charge in [0.2, 0.25) is 11.8 Å². The number of rotatable bonds is 6. The molecule has 1 aromatic heterocycles. The summed E-state index contributed by atoms with van der Waals surface area (Å²) in [5.41, 5.74) is 8.22. The number of aryl methyl sites for hydroxylation is 1. The summed E-state index contributed by atoms with van der Waals surface area (Å²) in [7, 11) is 1.61. The van der Waals surface area contributed by atoms with Gasteiger partial charge in [0, 0.05) is 5.56 Å². The third kappa shape index (κ3) is 3.60. The zero-order valence-corrected chi connectivity index (χ0v) is 13.9. The molecule has 3 N–H and O–H groups in total. The molecule has 3 rings (SSSR count). The quantitative estimate of drug-likeness (QED) is 0.716. The smallest absolute Gasteiger partial charge is 0.250 e. The number of ether oxygens (including phenoxy) is 1. The van der Waals surface area contributed by atoms with Gasteiger partial charge in [-0.1, -0.05) is 12.1 Å². The van der Waals surface area contributed by atoms with Gasteiger partial charge in [-0.05, 0) is 42.8 Å². The summed E-state index contributed by atoms with van der Waals surface area (Å²) in [6.07, 6.45) is 0. The fraction of sp³-hybridized carbons (Fsp3) is 0.167. The number of methoxy groups -OCH3 is 1. The lowest BCUT2D eigenvalue weighted by atomic mass is 10.1. The van der Waals surface area contributed by atoms with E-state index in [0.717, 1.165) is 16.9 Å². The summed E-state index contributed by atoms with van der Waals surface area (Å²) >= 11 is 0. The van der Waals surface area contributed by atoms with Crippen LogP contribution in [0.25, 0.3) is 11.5 Å². The Labute approximate surface area is 144 Å². The Morgan fingerprint density at radius 2 is 1.96 bits per heavy atom. The number of nitrogens with two attached hydrogens (primary N) is 1. The highest BCUT2D eigenvalue weighted by atomic mass is 16.5. The molecule has 0 aliphatic carbocycles. The van der Waals surface area contributed by atoms with E-state index in [1.165, 1.54) is 0 Å². The van der Waals surface area contributed by atoms with Crippen molar-refractivity contribution in [1.29, 1.82) is 0 Å². The molecule has 2 aromatic carbocycles. The van der Waals surface area contributed by atoms with Crippen LogP contribution in [0, 0.1) is 6.92 Å². The normalized spacial score (nSPS) is 10.5. The van der Waals surface area contributed by atoms with Gasteiger partial charge in [0.25, 0.3) is 5.91 Å². The Balaban J connectivity index is 1.75. The van der Waals surface area contributed by atoms with Crippen molar-refractivity contribution in [3.8, 4) is 17.2 Å². The van der Waals surface area contributed by atoms with E-state index in [1.54, 1.807) is 19.2 Å². The third-order valence-corrected chi connectivity index (χ3v) is 3.76. The summed E-state index contributed by atoms with van der Waals surface area (Å²) in [6, 6.07) is 12.7. The molecule has 1 heterocycles. The molecule has 0 aliphatic rings. The van der Waals surface area contributed by atoms with Crippen LogP contribution in [-0.2, 0) is 6.54 Å². The van der Waals surface area contributed by atoms with Crippen LogP contribution >= 0.6 is 0 Å². The van der Waals surface area contributed by atoms with E-state index in [0.29, 0.717) is 23.0 Å². The molecule has 3 aromatic rings. The zero-order valence-electron chi connectivity index (χ0n) is 13.9. The fourth-order valence-electron chi connectivity index (χ4n) is 2.45. The number of hydrogen-bond donors (Lipinski definition) is 2. The van der Waals surface area contributed by atoms with Gasteiger partial charge in [0.15, 0.2) is 0 Å². The Bertz CT molecular complexity index is 888. The molecule has 7 heteroatoms. The van der Waals surface area contributed by atoms with Crippen molar-refractivity contribution in [3.05, 3.63) is 59.5 Å². The summed E-state index contributed by atoms with van der Waals surface area (Å²) in [6.45, 7) is 2.18. The maximum atomic E-state index is 11.5. The summed E-state index contributed by atoms with van der Waals surface area (Å²) < 4.78 is 10.8. The lowest BCUT2D eigenvalue weighted by molar-refractivity contribution is 0.100. The minimum absolute atomic E-state index is 0.286. The van der Waals surface area contributed by atoms with Gasteiger partial charge in [-0.25, -0.2) is 0 Å². The number of nitrogens with zero attached hydrogens (tertiary/aromatic N) is 2. The number of carbonyl (C=O) groups is 1. The van der Waals surface area contributed by atoms with E-state index in [4.69, 9.17) is 14.9 Å². The average Bonchev–Trinajstić information content (AvgIpc) is 3.09. The molecular formula is C18H18N4O3. The highest BCUT2D eigenvalue weighted by Gasteiger charge is 2.13. The van der Waals surface area contributed by atoms with Crippen LogP contribution in [-0.4, -0.2) is 23.2 Å². The van der Waals surface area contributed by atoms with Gasteiger partial charge >= 0.3 is 0 Å². The molecule has 0 fully saturated rings. The molecule has 0 saturated carbocycles. The van der Waals surface area contributed by atoms with Crippen molar-refractivity contribution in [2.75, 3.05) is 12.4 Å². The van der Waals surface area contributed by atoms with Crippen molar-refractivity contribution in [2.45, 2.75) is 13.5 Å². The number of anilines is 1. The van der Waals surface area contributed by atoms with Crippen LogP contribution in [0.5, 0.6) is 5.75 Å². The molecule has 0 saturated heterocycles. The number of amides is 1.